The van der Waals surface area contributed by atoms with E-state index in [9.17, 15) is 14.0 Å². The average molecular weight is 534 g/mol. The molecule has 0 atom stereocenters. The molecule has 1 aromatic heterocycles. The number of fused-ring (bicyclic) bond motifs is 1. The van der Waals surface area contributed by atoms with Crippen molar-refractivity contribution in [3.05, 3.63) is 59.4 Å². The van der Waals surface area contributed by atoms with Gasteiger partial charge in [0.15, 0.2) is 0 Å². The lowest BCUT2D eigenvalue weighted by Gasteiger charge is -2.31. The van der Waals surface area contributed by atoms with Crippen molar-refractivity contribution in [2.75, 3.05) is 18.4 Å². The lowest BCUT2D eigenvalue weighted by molar-refractivity contribution is -0.126. The molecule has 1 saturated carbocycles. The predicted octanol–water partition coefficient (Wildman–Crippen LogP) is 5.92. The summed E-state index contributed by atoms with van der Waals surface area (Å²) in [7, 11) is 0. The minimum atomic E-state index is -0.382. The van der Waals surface area contributed by atoms with Crippen molar-refractivity contribution >= 4 is 28.8 Å². The summed E-state index contributed by atoms with van der Waals surface area (Å²) >= 11 is 0. The van der Waals surface area contributed by atoms with E-state index in [1.165, 1.54) is 42.7 Å². The quantitative estimate of drug-likeness (QED) is 0.395. The monoisotopic (exact) mass is 533 g/mol. The number of carbonyl (C=O) groups is 2. The van der Waals surface area contributed by atoms with Crippen LogP contribution in [-0.2, 0) is 11.3 Å². The van der Waals surface area contributed by atoms with Crippen LogP contribution in [0.2, 0.25) is 0 Å². The summed E-state index contributed by atoms with van der Waals surface area (Å²) in [6.45, 7) is 9.41. The number of anilines is 1. The van der Waals surface area contributed by atoms with Crippen LogP contribution in [0.1, 0.15) is 81.3 Å². The molecule has 5 rings (SSSR count). The second kappa shape index (κ2) is 11.9. The van der Waals surface area contributed by atoms with Crippen LogP contribution in [0.3, 0.4) is 0 Å². The zero-order valence-electron chi connectivity index (χ0n) is 23.3. The SMILES string of the molecule is CC1CCN(Cc2ccc3nc(NC(=O)c4ccc(F)cc4)n(C4CCC(C(=O)NC(C)C)CC4)c3c2)CC1. The van der Waals surface area contributed by atoms with Crippen molar-refractivity contribution < 1.29 is 14.0 Å². The average Bonchev–Trinajstić information content (AvgIpc) is 3.27. The standard InChI is InChI=1S/C31H40FN5O2/c1-20(2)33-29(38)24-7-11-26(12-8-24)37-28-18-22(19-36-16-14-21(3)15-17-36)4-13-27(28)34-31(37)35-30(39)23-5-9-25(32)10-6-23/h4-6,9-10,13,18,20-21,24,26H,7-8,11-12,14-17,19H2,1-3H3,(H,33,38)(H,34,35,39). The first-order valence-electron chi connectivity index (χ1n) is 14.4. The molecule has 0 spiro atoms. The zero-order valence-corrected chi connectivity index (χ0v) is 23.3. The molecule has 3 aromatic rings. The molecule has 2 N–H and O–H groups in total. The number of rotatable bonds is 7. The summed E-state index contributed by atoms with van der Waals surface area (Å²) in [5.74, 6) is 0.718. The van der Waals surface area contributed by atoms with Crippen molar-refractivity contribution in [3.8, 4) is 0 Å². The molecule has 2 aromatic carbocycles. The Hall–Kier alpha value is -3.26. The van der Waals surface area contributed by atoms with Crippen LogP contribution >= 0.6 is 0 Å². The highest BCUT2D eigenvalue weighted by atomic mass is 19.1. The van der Waals surface area contributed by atoms with Crippen LogP contribution in [-0.4, -0.2) is 45.4 Å². The first-order chi connectivity index (χ1) is 18.8. The highest BCUT2D eigenvalue weighted by Gasteiger charge is 2.30. The van der Waals surface area contributed by atoms with Gasteiger partial charge in [-0.05, 0) is 113 Å². The number of likely N-dealkylation sites (tertiary alicyclic amines) is 1. The summed E-state index contributed by atoms with van der Waals surface area (Å²) in [5, 5.41) is 6.05. The Bertz CT molecular complexity index is 1300. The van der Waals surface area contributed by atoms with E-state index < -0.39 is 0 Å². The van der Waals surface area contributed by atoms with Gasteiger partial charge >= 0.3 is 0 Å². The number of imidazole rings is 1. The Morgan fingerprint density at radius 3 is 2.36 bits per heavy atom. The Morgan fingerprint density at radius 2 is 1.69 bits per heavy atom. The molecule has 7 nitrogen and oxygen atoms in total. The first kappa shape index (κ1) is 27.3. The fraction of sp³-hybridized carbons (Fsp3) is 0.516. The Labute approximate surface area is 230 Å². The number of piperidine rings is 1. The molecular formula is C31H40FN5O2. The fourth-order valence-corrected chi connectivity index (χ4v) is 5.95. The molecule has 0 bridgehead atoms. The number of hydrogen-bond donors (Lipinski definition) is 2. The number of halogens is 1. The number of nitrogens with one attached hydrogen (secondary N) is 2. The maximum Gasteiger partial charge on any atom is 0.257 e. The summed E-state index contributed by atoms with van der Waals surface area (Å²) in [4.78, 5) is 33.1. The zero-order chi connectivity index (χ0) is 27.5. The van der Waals surface area contributed by atoms with E-state index >= 15 is 0 Å². The van der Waals surface area contributed by atoms with E-state index in [2.05, 4.69) is 39.2 Å². The third kappa shape index (κ3) is 6.49. The minimum Gasteiger partial charge on any atom is -0.354 e. The van der Waals surface area contributed by atoms with E-state index in [4.69, 9.17) is 4.98 Å². The van der Waals surface area contributed by atoms with Gasteiger partial charge < -0.3 is 9.88 Å². The van der Waals surface area contributed by atoms with E-state index in [0.29, 0.717) is 11.5 Å². The molecule has 2 heterocycles. The molecule has 8 heteroatoms. The van der Waals surface area contributed by atoms with E-state index in [0.717, 1.165) is 62.3 Å². The first-order valence-corrected chi connectivity index (χ1v) is 14.4. The van der Waals surface area contributed by atoms with Crippen molar-refractivity contribution in [1.82, 2.24) is 19.8 Å². The van der Waals surface area contributed by atoms with Crippen molar-refractivity contribution in [2.45, 2.75) is 77.9 Å². The van der Waals surface area contributed by atoms with Gasteiger partial charge in [-0.1, -0.05) is 13.0 Å². The van der Waals surface area contributed by atoms with Crippen LogP contribution in [0.15, 0.2) is 42.5 Å². The topological polar surface area (TPSA) is 79.3 Å². The van der Waals surface area contributed by atoms with Crippen molar-refractivity contribution in [2.24, 2.45) is 11.8 Å². The van der Waals surface area contributed by atoms with Crippen LogP contribution in [0.25, 0.3) is 11.0 Å². The number of amides is 2. The predicted molar refractivity (Wildman–Crippen MR) is 152 cm³/mol. The molecule has 1 saturated heterocycles. The maximum absolute atomic E-state index is 13.4. The molecule has 2 fully saturated rings. The molecule has 1 aliphatic carbocycles. The van der Waals surface area contributed by atoms with Gasteiger partial charge in [0.1, 0.15) is 5.82 Å². The van der Waals surface area contributed by atoms with Crippen molar-refractivity contribution in [3.63, 3.8) is 0 Å². The third-order valence-electron chi connectivity index (χ3n) is 8.23. The van der Waals surface area contributed by atoms with Gasteiger partial charge in [0.2, 0.25) is 11.9 Å². The van der Waals surface area contributed by atoms with E-state index in [1.807, 2.05) is 19.9 Å². The Morgan fingerprint density at radius 1 is 1.00 bits per heavy atom. The second-order valence-electron chi connectivity index (χ2n) is 11.7. The van der Waals surface area contributed by atoms with Crippen LogP contribution in [0, 0.1) is 17.7 Å². The van der Waals surface area contributed by atoms with Gasteiger partial charge in [0.05, 0.1) is 11.0 Å². The number of hydrogen-bond acceptors (Lipinski definition) is 4. The van der Waals surface area contributed by atoms with Crippen LogP contribution in [0.5, 0.6) is 0 Å². The second-order valence-corrected chi connectivity index (χ2v) is 11.7. The lowest BCUT2D eigenvalue weighted by atomic mass is 9.85. The molecule has 39 heavy (non-hydrogen) atoms. The number of nitrogens with zero attached hydrogens (tertiary/aromatic N) is 3. The van der Waals surface area contributed by atoms with Gasteiger partial charge in [-0.2, -0.15) is 0 Å². The van der Waals surface area contributed by atoms with E-state index in [-0.39, 0.29) is 35.6 Å². The highest BCUT2D eigenvalue weighted by molar-refractivity contribution is 6.04. The van der Waals surface area contributed by atoms with Gasteiger partial charge in [-0.15, -0.1) is 0 Å². The van der Waals surface area contributed by atoms with Gasteiger partial charge in [0, 0.05) is 30.1 Å². The Balaban J connectivity index is 1.42. The lowest BCUT2D eigenvalue weighted by Crippen LogP contribution is -2.37. The summed E-state index contributed by atoms with van der Waals surface area (Å²) in [6.07, 6.45) is 5.70. The van der Waals surface area contributed by atoms with Crippen LogP contribution in [0.4, 0.5) is 10.3 Å². The Kier molecular flexibility index (Phi) is 8.31. The van der Waals surface area contributed by atoms with Crippen molar-refractivity contribution in [1.29, 1.82) is 0 Å². The van der Waals surface area contributed by atoms with Crippen LogP contribution < -0.4 is 10.6 Å². The molecular weight excluding hydrogens is 493 g/mol. The van der Waals surface area contributed by atoms with E-state index in [1.54, 1.807) is 0 Å². The van der Waals surface area contributed by atoms with Gasteiger partial charge in [-0.25, -0.2) is 9.37 Å². The number of carbonyl (C=O) groups excluding carboxylic acids is 2. The number of benzene rings is 2. The van der Waals surface area contributed by atoms with Gasteiger partial charge in [-0.3, -0.25) is 19.8 Å². The molecule has 0 unspecified atom stereocenters. The summed E-state index contributed by atoms with van der Waals surface area (Å²) in [6, 6.07) is 12.2. The molecule has 208 valence electrons. The normalized spacial score (nSPS) is 20.8. The minimum absolute atomic E-state index is 0.00717. The summed E-state index contributed by atoms with van der Waals surface area (Å²) in [5.41, 5.74) is 3.45. The largest absolute Gasteiger partial charge is 0.354 e. The highest BCUT2D eigenvalue weighted by Crippen LogP contribution is 2.37. The third-order valence-corrected chi connectivity index (χ3v) is 8.23. The van der Waals surface area contributed by atoms with Gasteiger partial charge in [0.25, 0.3) is 5.91 Å². The maximum atomic E-state index is 13.4. The molecule has 0 radical (unpaired) electrons. The summed E-state index contributed by atoms with van der Waals surface area (Å²) < 4.78 is 15.6. The smallest absolute Gasteiger partial charge is 0.257 e. The number of aromatic nitrogens is 2. The molecule has 2 aliphatic rings. The molecule has 2 amide bonds. The molecule has 1 aliphatic heterocycles. The fourth-order valence-electron chi connectivity index (χ4n) is 5.95.